The number of carbonyl (C=O) groups excluding carboxylic acids is 1. The molecule has 0 radical (unpaired) electrons. The molecule has 1 aromatic carbocycles. The van der Waals surface area contributed by atoms with Crippen molar-refractivity contribution in [3.05, 3.63) is 24.3 Å². The first-order chi connectivity index (χ1) is 10.3. The second-order valence-corrected chi connectivity index (χ2v) is 5.23. The fourth-order valence-electron chi connectivity index (χ4n) is 2.28. The van der Waals surface area contributed by atoms with E-state index >= 15 is 0 Å². The third kappa shape index (κ3) is 5.73. The van der Waals surface area contributed by atoms with Gasteiger partial charge >= 0.3 is 0 Å². The quantitative estimate of drug-likeness (QED) is 0.721. The topological polar surface area (TPSA) is 59.6 Å². The smallest absolute Gasteiger partial charge is 0.224 e. The van der Waals surface area contributed by atoms with Crippen LogP contribution >= 0.6 is 0 Å². The number of amides is 1. The van der Waals surface area contributed by atoms with Gasteiger partial charge in [0, 0.05) is 24.8 Å². The Labute approximate surface area is 126 Å². The monoisotopic (exact) mass is 292 g/mol. The van der Waals surface area contributed by atoms with Crippen molar-refractivity contribution >= 4 is 11.6 Å². The molecule has 5 heteroatoms. The lowest BCUT2D eigenvalue weighted by Crippen LogP contribution is -2.17. The lowest BCUT2D eigenvalue weighted by molar-refractivity contribution is -0.116. The summed E-state index contributed by atoms with van der Waals surface area (Å²) >= 11 is 0. The van der Waals surface area contributed by atoms with Gasteiger partial charge in [0.05, 0.1) is 6.10 Å². The van der Waals surface area contributed by atoms with E-state index in [1.807, 2.05) is 31.3 Å². The highest BCUT2D eigenvalue weighted by atomic mass is 16.5. The Hall–Kier alpha value is -1.59. The van der Waals surface area contributed by atoms with Crippen LogP contribution in [0.3, 0.4) is 0 Å². The van der Waals surface area contributed by atoms with Gasteiger partial charge in [-0.2, -0.15) is 0 Å². The summed E-state index contributed by atoms with van der Waals surface area (Å²) in [5.74, 6) is 0.792. The molecule has 0 saturated carbocycles. The first kappa shape index (κ1) is 15.8. The SMILES string of the molecule is CNCCCC(=O)Nc1cccc(OCC2CCCO2)c1. The number of hydrogen-bond acceptors (Lipinski definition) is 4. The van der Waals surface area contributed by atoms with Gasteiger partial charge in [-0.3, -0.25) is 4.79 Å². The summed E-state index contributed by atoms with van der Waals surface area (Å²) in [6, 6.07) is 7.50. The molecule has 1 aliphatic rings. The molecule has 0 bridgehead atoms. The molecule has 1 fully saturated rings. The van der Waals surface area contributed by atoms with Crippen molar-refractivity contribution in [1.82, 2.24) is 5.32 Å². The summed E-state index contributed by atoms with van der Waals surface area (Å²) in [5.41, 5.74) is 0.772. The zero-order valence-corrected chi connectivity index (χ0v) is 12.6. The van der Waals surface area contributed by atoms with Gasteiger partial charge in [-0.05, 0) is 45.0 Å². The van der Waals surface area contributed by atoms with E-state index < -0.39 is 0 Å². The van der Waals surface area contributed by atoms with Gasteiger partial charge in [0.15, 0.2) is 0 Å². The molecule has 2 N–H and O–H groups in total. The number of hydrogen-bond donors (Lipinski definition) is 2. The summed E-state index contributed by atoms with van der Waals surface area (Å²) in [5, 5.41) is 5.92. The number of nitrogens with one attached hydrogen (secondary N) is 2. The standard InChI is InChI=1S/C16H24N2O3/c1-17-9-3-8-16(19)18-13-5-2-6-14(11-13)21-12-15-7-4-10-20-15/h2,5-6,11,15,17H,3-4,7-10,12H2,1H3,(H,18,19). The van der Waals surface area contributed by atoms with Gasteiger partial charge in [-0.25, -0.2) is 0 Å². The van der Waals surface area contributed by atoms with Gasteiger partial charge in [0.2, 0.25) is 5.91 Å². The molecule has 1 unspecified atom stereocenters. The fraction of sp³-hybridized carbons (Fsp3) is 0.562. The molecule has 1 amide bonds. The van der Waals surface area contributed by atoms with Crippen LogP contribution in [0.2, 0.25) is 0 Å². The normalized spacial score (nSPS) is 17.7. The van der Waals surface area contributed by atoms with Crippen LogP contribution in [-0.2, 0) is 9.53 Å². The van der Waals surface area contributed by atoms with Gasteiger partial charge in [-0.15, -0.1) is 0 Å². The minimum absolute atomic E-state index is 0.0292. The average Bonchev–Trinajstić information content (AvgIpc) is 2.99. The Bertz CT molecular complexity index is 445. The number of anilines is 1. The highest BCUT2D eigenvalue weighted by Gasteiger charge is 2.16. The third-order valence-electron chi connectivity index (χ3n) is 3.41. The summed E-state index contributed by atoms with van der Waals surface area (Å²) in [6.07, 6.45) is 3.71. The van der Waals surface area contributed by atoms with Crippen molar-refractivity contribution in [1.29, 1.82) is 0 Å². The van der Waals surface area contributed by atoms with Gasteiger partial charge in [0.1, 0.15) is 12.4 Å². The van der Waals surface area contributed by atoms with Crippen LogP contribution in [0.1, 0.15) is 25.7 Å². The van der Waals surface area contributed by atoms with Gasteiger partial charge in [0.25, 0.3) is 0 Å². The molecule has 1 aliphatic heterocycles. The molecular formula is C16H24N2O3. The van der Waals surface area contributed by atoms with Crippen molar-refractivity contribution in [2.75, 3.05) is 32.1 Å². The maximum absolute atomic E-state index is 11.8. The fourth-order valence-corrected chi connectivity index (χ4v) is 2.28. The predicted molar refractivity (Wildman–Crippen MR) is 82.7 cm³/mol. The molecule has 1 atom stereocenters. The van der Waals surface area contributed by atoms with Gasteiger partial charge in [-0.1, -0.05) is 6.07 Å². The highest BCUT2D eigenvalue weighted by Crippen LogP contribution is 2.19. The molecule has 5 nitrogen and oxygen atoms in total. The van der Waals surface area contributed by atoms with Gasteiger partial charge < -0.3 is 20.1 Å². The van der Waals surface area contributed by atoms with E-state index in [0.29, 0.717) is 13.0 Å². The van der Waals surface area contributed by atoms with E-state index in [1.54, 1.807) is 0 Å². The molecule has 1 saturated heterocycles. The third-order valence-corrected chi connectivity index (χ3v) is 3.41. The first-order valence-electron chi connectivity index (χ1n) is 7.57. The Morgan fingerprint density at radius 2 is 2.38 bits per heavy atom. The van der Waals surface area contributed by atoms with Crippen molar-refractivity contribution in [3.63, 3.8) is 0 Å². The summed E-state index contributed by atoms with van der Waals surface area (Å²) < 4.78 is 11.2. The second-order valence-electron chi connectivity index (χ2n) is 5.23. The number of benzene rings is 1. The summed E-state index contributed by atoms with van der Waals surface area (Å²) in [6.45, 7) is 2.24. The predicted octanol–water partition coefficient (Wildman–Crippen LogP) is 2.18. The van der Waals surface area contributed by atoms with Crippen molar-refractivity contribution in [2.45, 2.75) is 31.8 Å². The lowest BCUT2D eigenvalue weighted by atomic mass is 10.2. The molecular weight excluding hydrogens is 268 g/mol. The summed E-state index contributed by atoms with van der Waals surface area (Å²) in [7, 11) is 1.88. The van der Waals surface area contributed by atoms with E-state index in [2.05, 4.69) is 10.6 Å². The van der Waals surface area contributed by atoms with E-state index in [9.17, 15) is 4.79 Å². The number of carbonyl (C=O) groups is 1. The second kappa shape index (κ2) is 8.64. The molecule has 0 aromatic heterocycles. The first-order valence-corrected chi connectivity index (χ1v) is 7.57. The van der Waals surface area contributed by atoms with Crippen LogP contribution < -0.4 is 15.4 Å². The van der Waals surface area contributed by atoms with Crippen molar-refractivity contribution < 1.29 is 14.3 Å². The largest absolute Gasteiger partial charge is 0.491 e. The molecule has 0 aliphatic carbocycles. The van der Waals surface area contributed by atoms with Crippen LogP contribution in [0.25, 0.3) is 0 Å². The molecule has 0 spiro atoms. The Morgan fingerprint density at radius 1 is 1.48 bits per heavy atom. The van der Waals surface area contributed by atoms with E-state index in [0.717, 1.165) is 43.9 Å². The van der Waals surface area contributed by atoms with Crippen LogP contribution in [0.15, 0.2) is 24.3 Å². The highest BCUT2D eigenvalue weighted by molar-refractivity contribution is 5.90. The minimum Gasteiger partial charge on any atom is -0.491 e. The zero-order chi connectivity index (χ0) is 14.9. The Kier molecular flexibility index (Phi) is 6.50. The molecule has 1 aromatic rings. The minimum atomic E-state index is 0.0292. The van der Waals surface area contributed by atoms with Crippen molar-refractivity contribution in [3.8, 4) is 5.75 Å². The Morgan fingerprint density at radius 3 is 3.14 bits per heavy atom. The van der Waals surface area contributed by atoms with E-state index in [4.69, 9.17) is 9.47 Å². The van der Waals surface area contributed by atoms with Crippen LogP contribution in [0, 0.1) is 0 Å². The number of ether oxygens (including phenoxy) is 2. The maximum atomic E-state index is 11.8. The average molecular weight is 292 g/mol. The van der Waals surface area contributed by atoms with Crippen LogP contribution in [0.5, 0.6) is 5.75 Å². The van der Waals surface area contributed by atoms with Crippen LogP contribution in [0.4, 0.5) is 5.69 Å². The number of rotatable bonds is 8. The summed E-state index contributed by atoms with van der Waals surface area (Å²) in [4.78, 5) is 11.8. The maximum Gasteiger partial charge on any atom is 0.224 e. The lowest BCUT2D eigenvalue weighted by Gasteiger charge is -2.12. The molecule has 116 valence electrons. The molecule has 21 heavy (non-hydrogen) atoms. The van der Waals surface area contributed by atoms with E-state index in [1.165, 1.54) is 0 Å². The zero-order valence-electron chi connectivity index (χ0n) is 12.6. The van der Waals surface area contributed by atoms with E-state index in [-0.39, 0.29) is 12.0 Å². The van der Waals surface area contributed by atoms with Crippen LogP contribution in [-0.4, -0.2) is 38.8 Å². The molecule has 1 heterocycles. The Balaban J connectivity index is 1.78. The van der Waals surface area contributed by atoms with Crippen molar-refractivity contribution in [2.24, 2.45) is 0 Å². The molecule has 2 rings (SSSR count).